The minimum absolute atomic E-state index is 0.0213. The molecule has 14 heavy (non-hydrogen) atoms. The Labute approximate surface area is 83.2 Å². The van der Waals surface area contributed by atoms with Gasteiger partial charge in [0.1, 0.15) is 5.82 Å². The first-order valence-electron chi connectivity index (χ1n) is 4.78. The number of oxime groups is 1. The van der Waals surface area contributed by atoms with Crippen LogP contribution >= 0.6 is 0 Å². The smallest absolute Gasteiger partial charge is 0.148 e. The van der Waals surface area contributed by atoms with E-state index in [1.165, 1.54) is 6.21 Å². The van der Waals surface area contributed by atoms with Gasteiger partial charge in [0.2, 0.25) is 0 Å². The molecule has 0 amide bonds. The van der Waals surface area contributed by atoms with Crippen molar-refractivity contribution in [3.63, 3.8) is 0 Å². The van der Waals surface area contributed by atoms with Crippen molar-refractivity contribution < 1.29 is 5.21 Å². The Morgan fingerprint density at radius 1 is 1.71 bits per heavy atom. The standard InChI is InChI=1S/C9H16N4O/c1-3-7-5-9(13-12-7)11-8(4-2)6-10-14/h5-6,8,14H,3-4H2,1-2H3,(H2,11,12,13). The zero-order chi connectivity index (χ0) is 10.4. The molecule has 0 saturated heterocycles. The minimum Gasteiger partial charge on any atom is -0.411 e. The number of nitrogens with one attached hydrogen (secondary N) is 2. The van der Waals surface area contributed by atoms with Crippen molar-refractivity contribution in [3.05, 3.63) is 11.8 Å². The molecule has 1 aromatic rings. The van der Waals surface area contributed by atoms with Crippen molar-refractivity contribution in [1.29, 1.82) is 0 Å². The third kappa shape index (κ3) is 2.76. The van der Waals surface area contributed by atoms with E-state index in [9.17, 15) is 0 Å². The van der Waals surface area contributed by atoms with Gasteiger partial charge in [-0.05, 0) is 12.8 Å². The lowest BCUT2D eigenvalue weighted by Gasteiger charge is -2.09. The van der Waals surface area contributed by atoms with Gasteiger partial charge in [-0.25, -0.2) is 0 Å². The molecule has 5 nitrogen and oxygen atoms in total. The average Bonchev–Trinajstić information content (AvgIpc) is 2.65. The second-order valence-electron chi connectivity index (χ2n) is 3.06. The van der Waals surface area contributed by atoms with E-state index >= 15 is 0 Å². The largest absolute Gasteiger partial charge is 0.411 e. The highest BCUT2D eigenvalue weighted by molar-refractivity contribution is 5.67. The summed E-state index contributed by atoms with van der Waals surface area (Å²) in [7, 11) is 0. The Balaban J connectivity index is 2.57. The molecule has 0 aromatic carbocycles. The van der Waals surface area contributed by atoms with Crippen LogP contribution in [0.15, 0.2) is 11.2 Å². The Morgan fingerprint density at radius 3 is 3.00 bits per heavy atom. The SMILES string of the molecule is CCc1cc(NC(C=NO)CC)n[nH]1. The van der Waals surface area contributed by atoms with E-state index in [0.29, 0.717) is 0 Å². The molecule has 0 bridgehead atoms. The Hall–Kier alpha value is -1.52. The van der Waals surface area contributed by atoms with Gasteiger partial charge in [0.05, 0.1) is 12.3 Å². The number of hydrogen-bond acceptors (Lipinski definition) is 4. The molecule has 5 heteroatoms. The highest BCUT2D eigenvalue weighted by Gasteiger charge is 2.05. The molecule has 1 atom stereocenters. The summed E-state index contributed by atoms with van der Waals surface area (Å²) in [5, 5.41) is 21.5. The first kappa shape index (κ1) is 10.6. The highest BCUT2D eigenvalue weighted by Crippen LogP contribution is 2.07. The van der Waals surface area contributed by atoms with Gasteiger partial charge < -0.3 is 10.5 Å². The quantitative estimate of drug-likeness (QED) is 0.380. The van der Waals surface area contributed by atoms with Crippen LogP contribution in [0, 0.1) is 0 Å². The van der Waals surface area contributed by atoms with Gasteiger partial charge in [0, 0.05) is 11.8 Å². The molecule has 0 spiro atoms. The zero-order valence-corrected chi connectivity index (χ0v) is 8.49. The van der Waals surface area contributed by atoms with Crippen molar-refractivity contribution in [2.75, 3.05) is 5.32 Å². The van der Waals surface area contributed by atoms with Gasteiger partial charge in [-0.1, -0.05) is 19.0 Å². The van der Waals surface area contributed by atoms with Crippen LogP contribution in [0.3, 0.4) is 0 Å². The molecule has 1 rings (SSSR count). The van der Waals surface area contributed by atoms with Crippen molar-refractivity contribution in [2.24, 2.45) is 5.16 Å². The summed E-state index contributed by atoms with van der Waals surface area (Å²) in [6.45, 7) is 4.07. The van der Waals surface area contributed by atoms with E-state index in [2.05, 4.69) is 27.6 Å². The van der Waals surface area contributed by atoms with Crippen LogP contribution in [0.1, 0.15) is 26.0 Å². The highest BCUT2D eigenvalue weighted by atomic mass is 16.4. The van der Waals surface area contributed by atoms with Crippen LogP contribution in [-0.4, -0.2) is 27.7 Å². The number of anilines is 1. The van der Waals surface area contributed by atoms with Crippen LogP contribution in [-0.2, 0) is 6.42 Å². The molecule has 3 N–H and O–H groups in total. The first-order chi connectivity index (χ1) is 6.80. The van der Waals surface area contributed by atoms with Crippen LogP contribution < -0.4 is 5.32 Å². The predicted octanol–water partition coefficient (Wildman–Crippen LogP) is 1.62. The van der Waals surface area contributed by atoms with Crippen molar-refractivity contribution in [1.82, 2.24) is 10.2 Å². The number of H-pyrrole nitrogens is 1. The lowest BCUT2D eigenvalue weighted by atomic mass is 10.2. The summed E-state index contributed by atoms with van der Waals surface area (Å²) in [4.78, 5) is 0. The second kappa shape index (κ2) is 5.26. The fourth-order valence-corrected chi connectivity index (χ4v) is 1.13. The van der Waals surface area contributed by atoms with E-state index < -0.39 is 0 Å². The maximum Gasteiger partial charge on any atom is 0.148 e. The normalized spacial score (nSPS) is 13.3. The number of aryl methyl sites for hydroxylation is 1. The fourth-order valence-electron chi connectivity index (χ4n) is 1.13. The third-order valence-electron chi connectivity index (χ3n) is 2.03. The van der Waals surface area contributed by atoms with Crippen LogP contribution in [0.2, 0.25) is 0 Å². The number of hydrogen-bond donors (Lipinski definition) is 3. The second-order valence-corrected chi connectivity index (χ2v) is 3.06. The molecular formula is C9H16N4O. The minimum atomic E-state index is 0.0213. The van der Waals surface area contributed by atoms with Crippen LogP contribution in [0.25, 0.3) is 0 Å². The van der Waals surface area contributed by atoms with Crippen LogP contribution in [0.4, 0.5) is 5.82 Å². The molecule has 1 aromatic heterocycles. The lowest BCUT2D eigenvalue weighted by Crippen LogP contribution is -2.20. The lowest BCUT2D eigenvalue weighted by molar-refractivity contribution is 0.320. The van der Waals surface area contributed by atoms with Gasteiger partial charge in [0.25, 0.3) is 0 Å². The van der Waals surface area contributed by atoms with Crippen molar-refractivity contribution >= 4 is 12.0 Å². The van der Waals surface area contributed by atoms with E-state index in [4.69, 9.17) is 5.21 Å². The molecule has 1 heterocycles. The van der Waals surface area contributed by atoms with Gasteiger partial charge in [-0.15, -0.1) is 0 Å². The summed E-state index contributed by atoms with van der Waals surface area (Å²) < 4.78 is 0. The fraction of sp³-hybridized carbons (Fsp3) is 0.556. The van der Waals surface area contributed by atoms with Gasteiger partial charge >= 0.3 is 0 Å². The summed E-state index contributed by atoms with van der Waals surface area (Å²) in [6, 6.07) is 1.97. The third-order valence-corrected chi connectivity index (χ3v) is 2.03. The van der Waals surface area contributed by atoms with Gasteiger partial charge in [-0.2, -0.15) is 5.10 Å². The molecule has 0 fully saturated rings. The molecule has 0 aliphatic rings. The van der Waals surface area contributed by atoms with E-state index in [1.807, 2.05) is 13.0 Å². The van der Waals surface area contributed by atoms with Crippen molar-refractivity contribution in [2.45, 2.75) is 32.7 Å². The van der Waals surface area contributed by atoms with E-state index in [1.54, 1.807) is 0 Å². The molecule has 0 aliphatic heterocycles. The molecule has 0 saturated carbocycles. The summed E-state index contributed by atoms with van der Waals surface area (Å²) in [5.41, 5.74) is 1.09. The maximum absolute atomic E-state index is 8.40. The topological polar surface area (TPSA) is 73.3 Å². The van der Waals surface area contributed by atoms with E-state index in [-0.39, 0.29) is 6.04 Å². The molecule has 1 unspecified atom stereocenters. The molecule has 78 valence electrons. The average molecular weight is 196 g/mol. The van der Waals surface area contributed by atoms with Gasteiger partial charge in [-0.3, -0.25) is 5.10 Å². The van der Waals surface area contributed by atoms with Crippen molar-refractivity contribution in [3.8, 4) is 0 Å². The predicted molar refractivity (Wildman–Crippen MR) is 55.9 cm³/mol. The Bertz CT molecular complexity index is 295. The summed E-state index contributed by atoms with van der Waals surface area (Å²) in [6.07, 6.45) is 3.23. The van der Waals surface area contributed by atoms with Gasteiger partial charge in [0.15, 0.2) is 0 Å². The molecular weight excluding hydrogens is 180 g/mol. The maximum atomic E-state index is 8.40. The van der Waals surface area contributed by atoms with Crippen LogP contribution in [0.5, 0.6) is 0 Å². The van der Waals surface area contributed by atoms with E-state index in [0.717, 1.165) is 24.4 Å². The number of aromatic nitrogens is 2. The Morgan fingerprint density at radius 2 is 2.50 bits per heavy atom. The molecule has 0 radical (unpaired) electrons. The number of aromatic amines is 1. The zero-order valence-electron chi connectivity index (χ0n) is 8.49. The number of nitrogens with zero attached hydrogens (tertiary/aromatic N) is 2. The molecule has 0 aliphatic carbocycles. The Kier molecular flexibility index (Phi) is 3.97. The first-order valence-corrected chi connectivity index (χ1v) is 4.78. The number of rotatable bonds is 5. The summed E-state index contributed by atoms with van der Waals surface area (Å²) in [5.74, 6) is 0.786. The summed E-state index contributed by atoms with van der Waals surface area (Å²) >= 11 is 0. The monoisotopic (exact) mass is 196 g/mol.